The monoisotopic (exact) mass is 315 g/mol. The molecule has 0 heterocycles. The molecule has 62 valence electrons. The van der Waals surface area contributed by atoms with Gasteiger partial charge in [0.2, 0.25) is 0 Å². The Morgan fingerprint density at radius 3 is 2.20 bits per heavy atom. The van der Waals surface area contributed by atoms with Crippen molar-refractivity contribution in [1.29, 1.82) is 0 Å². The van der Waals surface area contributed by atoms with E-state index in [0.717, 1.165) is 13.0 Å². The van der Waals surface area contributed by atoms with Gasteiger partial charge in [-0.1, -0.05) is 13.5 Å². The van der Waals surface area contributed by atoms with Gasteiger partial charge in [0.1, 0.15) is 0 Å². The predicted molar refractivity (Wildman–Crippen MR) is 37.3 cm³/mol. The van der Waals surface area contributed by atoms with Gasteiger partial charge in [-0.25, -0.2) is 0 Å². The van der Waals surface area contributed by atoms with E-state index < -0.39 is 0 Å². The molecule has 0 aromatic carbocycles. The molecule has 0 spiro atoms. The zero-order valence-electron chi connectivity index (χ0n) is 6.47. The fourth-order valence-electron chi connectivity index (χ4n) is 0.466. The fraction of sp³-hybridized carbons (Fsp3) is 0.857. The van der Waals surface area contributed by atoms with E-state index in [4.69, 9.17) is 9.47 Å². The average molecular weight is 315 g/mol. The third-order valence-electron chi connectivity index (χ3n) is 0.865. The zero-order valence-corrected chi connectivity index (χ0v) is 9.40. The number of hydrogen-bond donors (Lipinski definition) is 0. The number of ether oxygens (including phenoxy) is 2. The van der Waals surface area contributed by atoms with E-state index in [1.54, 1.807) is 0 Å². The van der Waals surface area contributed by atoms with Gasteiger partial charge in [0.05, 0.1) is 13.2 Å². The first kappa shape index (κ1) is 13.2. The average Bonchev–Trinajstić information content (AvgIpc) is 1.89. The van der Waals surface area contributed by atoms with Crippen LogP contribution in [0.15, 0.2) is 0 Å². The van der Waals surface area contributed by atoms with Crippen LogP contribution in [0.4, 0.5) is 0 Å². The number of hydrogen-bond acceptors (Lipinski definition) is 2. The van der Waals surface area contributed by atoms with E-state index >= 15 is 0 Å². The first-order chi connectivity index (χ1) is 4.41. The van der Waals surface area contributed by atoms with E-state index in [0.29, 0.717) is 19.8 Å². The summed E-state index contributed by atoms with van der Waals surface area (Å²) in [5.41, 5.74) is 0. The smallest absolute Gasteiger partial charge is 0.0699 e. The Balaban J connectivity index is 0. The second kappa shape index (κ2) is 12.3. The Labute approximate surface area is 77.5 Å². The molecule has 0 aromatic heterocycles. The maximum atomic E-state index is 5.13. The van der Waals surface area contributed by atoms with Gasteiger partial charge in [0.15, 0.2) is 0 Å². The molecule has 0 rings (SSSR count). The van der Waals surface area contributed by atoms with Crippen LogP contribution in [0.1, 0.15) is 13.3 Å². The van der Waals surface area contributed by atoms with Gasteiger partial charge in [0.25, 0.3) is 0 Å². The quantitative estimate of drug-likeness (QED) is 0.543. The van der Waals surface area contributed by atoms with Crippen LogP contribution in [0.25, 0.3) is 0 Å². The van der Waals surface area contributed by atoms with Crippen molar-refractivity contribution in [3.8, 4) is 0 Å². The van der Waals surface area contributed by atoms with E-state index in [2.05, 4.69) is 13.8 Å². The van der Waals surface area contributed by atoms with Crippen LogP contribution in [0.2, 0.25) is 0 Å². The molecule has 0 fully saturated rings. The molecule has 0 bridgehead atoms. The molecule has 0 N–H and O–H groups in total. The molecule has 0 atom stereocenters. The first-order valence-corrected chi connectivity index (χ1v) is 3.36. The second-order valence-electron chi connectivity index (χ2n) is 1.72. The Bertz CT molecular complexity index is 44.9. The minimum Gasteiger partial charge on any atom is -0.411 e. The molecule has 0 unspecified atom stereocenters. The second-order valence-corrected chi connectivity index (χ2v) is 1.72. The molecule has 0 aliphatic carbocycles. The van der Waals surface area contributed by atoms with Gasteiger partial charge in [-0.2, -0.15) is 0 Å². The van der Waals surface area contributed by atoms with Gasteiger partial charge < -0.3 is 16.4 Å². The first-order valence-electron chi connectivity index (χ1n) is 3.36. The Morgan fingerprint density at radius 1 is 1.10 bits per heavy atom. The van der Waals surface area contributed by atoms with Crippen LogP contribution in [-0.4, -0.2) is 26.4 Å². The van der Waals surface area contributed by atoms with Crippen LogP contribution in [-0.2, 0) is 30.5 Å². The molecule has 0 aromatic rings. The minimum absolute atomic E-state index is 0. The molecule has 3 heteroatoms. The Kier molecular flexibility index (Phi) is 16.3. The molecule has 0 radical (unpaired) electrons. The summed E-state index contributed by atoms with van der Waals surface area (Å²) in [4.78, 5) is 0. The normalized spacial score (nSPS) is 9.00. The largest absolute Gasteiger partial charge is 0.411 e. The standard InChI is InChI=1S/C7H15O2.W/c1-3-5-9-7-6-8-4-2;/h2-7H2,1H3;/q-1;. The van der Waals surface area contributed by atoms with Crippen molar-refractivity contribution < 1.29 is 30.5 Å². The van der Waals surface area contributed by atoms with E-state index in [1.807, 2.05) is 0 Å². The summed E-state index contributed by atoms with van der Waals surface area (Å²) in [7, 11) is 0. The van der Waals surface area contributed by atoms with Gasteiger partial charge in [-0.15, -0.1) is 0 Å². The summed E-state index contributed by atoms with van der Waals surface area (Å²) in [5.74, 6) is 0. The summed E-state index contributed by atoms with van der Waals surface area (Å²) >= 11 is 0. The summed E-state index contributed by atoms with van der Waals surface area (Å²) in [6.45, 7) is 8.35. The van der Waals surface area contributed by atoms with Crippen LogP contribution >= 0.6 is 0 Å². The molecule has 0 saturated heterocycles. The van der Waals surface area contributed by atoms with Crippen LogP contribution in [0.3, 0.4) is 0 Å². The third kappa shape index (κ3) is 11.4. The topological polar surface area (TPSA) is 18.5 Å². The molecule has 2 nitrogen and oxygen atoms in total. The van der Waals surface area contributed by atoms with Gasteiger partial charge in [-0.05, 0) is 6.42 Å². The van der Waals surface area contributed by atoms with Crippen molar-refractivity contribution in [3.05, 3.63) is 6.92 Å². The van der Waals surface area contributed by atoms with Gasteiger partial charge >= 0.3 is 0 Å². The van der Waals surface area contributed by atoms with Crippen LogP contribution in [0.5, 0.6) is 0 Å². The molecule has 10 heavy (non-hydrogen) atoms. The van der Waals surface area contributed by atoms with Crippen molar-refractivity contribution in [1.82, 2.24) is 0 Å². The van der Waals surface area contributed by atoms with E-state index in [9.17, 15) is 0 Å². The minimum atomic E-state index is 0. The van der Waals surface area contributed by atoms with E-state index in [1.165, 1.54) is 0 Å². The van der Waals surface area contributed by atoms with Crippen molar-refractivity contribution in [2.75, 3.05) is 26.4 Å². The van der Waals surface area contributed by atoms with Crippen molar-refractivity contribution >= 4 is 0 Å². The fourth-order valence-corrected chi connectivity index (χ4v) is 0.466. The third-order valence-corrected chi connectivity index (χ3v) is 0.865. The summed E-state index contributed by atoms with van der Waals surface area (Å²) < 4.78 is 10.1. The summed E-state index contributed by atoms with van der Waals surface area (Å²) in [6.07, 6.45) is 1.07. The molecular weight excluding hydrogens is 300 g/mol. The van der Waals surface area contributed by atoms with E-state index in [-0.39, 0.29) is 21.1 Å². The Morgan fingerprint density at radius 2 is 1.70 bits per heavy atom. The molecule has 0 aliphatic heterocycles. The molecule has 0 amide bonds. The van der Waals surface area contributed by atoms with Crippen molar-refractivity contribution in [3.63, 3.8) is 0 Å². The molecule has 0 saturated carbocycles. The van der Waals surface area contributed by atoms with Crippen LogP contribution in [0, 0.1) is 6.92 Å². The summed E-state index contributed by atoms with van der Waals surface area (Å²) in [5, 5.41) is 0. The number of rotatable bonds is 6. The van der Waals surface area contributed by atoms with Crippen molar-refractivity contribution in [2.45, 2.75) is 13.3 Å². The molecule has 0 aliphatic rings. The molecular formula is C7H15O2W-. The Hall–Kier alpha value is 0.608. The predicted octanol–water partition coefficient (Wildman–Crippen LogP) is 1.26. The summed E-state index contributed by atoms with van der Waals surface area (Å²) in [6, 6.07) is 0. The SMILES string of the molecule is [CH2-]COCCOCCC.[W]. The van der Waals surface area contributed by atoms with Gasteiger partial charge in [0, 0.05) is 27.7 Å². The van der Waals surface area contributed by atoms with Gasteiger partial charge in [-0.3, -0.25) is 0 Å². The maximum Gasteiger partial charge on any atom is 0.0699 e. The zero-order chi connectivity index (χ0) is 6.95. The van der Waals surface area contributed by atoms with Crippen LogP contribution < -0.4 is 0 Å². The van der Waals surface area contributed by atoms with Crippen molar-refractivity contribution in [2.24, 2.45) is 0 Å². The maximum absolute atomic E-state index is 5.13.